The largest absolute Gasteiger partial charge is 0.465 e. The normalized spacial score (nSPS) is 32.1. The van der Waals surface area contributed by atoms with Crippen LogP contribution in [0.4, 0.5) is 0 Å². The highest BCUT2D eigenvalue weighted by Gasteiger charge is 2.79. The minimum absolute atomic E-state index is 0.0581. The van der Waals surface area contributed by atoms with E-state index in [2.05, 4.69) is 13.2 Å². The number of aliphatic hydroxyl groups excluding tert-OH is 1. The molecule has 0 aromatic heterocycles. The summed E-state index contributed by atoms with van der Waals surface area (Å²) in [7, 11) is 0. The van der Waals surface area contributed by atoms with Gasteiger partial charge in [0.15, 0.2) is 0 Å². The van der Waals surface area contributed by atoms with Gasteiger partial charge in [-0.1, -0.05) is 39.3 Å². The molecule has 3 rings (SSSR count). The minimum atomic E-state index is -1.15. The van der Waals surface area contributed by atoms with E-state index in [0.29, 0.717) is 32.2 Å². The molecule has 2 unspecified atom stereocenters. The van der Waals surface area contributed by atoms with Crippen LogP contribution in [0.1, 0.15) is 73.6 Å². The van der Waals surface area contributed by atoms with E-state index in [1.54, 1.807) is 22.0 Å². The molecular formula is C29H46N2O6. The lowest BCUT2D eigenvalue weighted by atomic mass is 9.65. The number of fused-ring (bicyclic) bond motifs is 1. The van der Waals surface area contributed by atoms with Crippen LogP contribution in [0.3, 0.4) is 0 Å². The lowest BCUT2D eigenvalue weighted by Crippen LogP contribution is -2.62. The van der Waals surface area contributed by atoms with E-state index in [9.17, 15) is 19.5 Å². The van der Waals surface area contributed by atoms with Gasteiger partial charge in [-0.25, -0.2) is 0 Å². The second-order valence-corrected chi connectivity index (χ2v) is 11.9. The summed E-state index contributed by atoms with van der Waals surface area (Å²) < 4.78 is 12.4. The van der Waals surface area contributed by atoms with Crippen molar-refractivity contribution in [3.8, 4) is 0 Å². The molecule has 37 heavy (non-hydrogen) atoms. The maximum absolute atomic E-state index is 14.5. The molecule has 208 valence electrons. The Labute approximate surface area is 222 Å². The first kappa shape index (κ1) is 29.4. The molecule has 3 aliphatic rings. The molecule has 1 spiro atoms. The quantitative estimate of drug-likeness (QED) is 0.241. The zero-order valence-electron chi connectivity index (χ0n) is 23.5. The third-order valence-corrected chi connectivity index (χ3v) is 8.91. The fourth-order valence-corrected chi connectivity index (χ4v) is 6.77. The van der Waals surface area contributed by atoms with Crippen molar-refractivity contribution in [2.45, 2.75) is 102 Å². The van der Waals surface area contributed by atoms with Crippen LogP contribution in [0.5, 0.6) is 0 Å². The molecule has 3 aliphatic heterocycles. The summed E-state index contributed by atoms with van der Waals surface area (Å²) in [6.45, 7) is 19.5. The van der Waals surface area contributed by atoms with Crippen molar-refractivity contribution >= 4 is 17.8 Å². The predicted molar refractivity (Wildman–Crippen MR) is 141 cm³/mol. The SMILES string of the molecule is C=CCCOC(=O)[C@@H]1[C@H]2C(=O)N([C@@H](CO)[C@@H](C)CC)C(C(=O)N(CC=C)C(C)(C)C)C23CC[C@@]1(CC)O3. The molecule has 2 amide bonds. The lowest BCUT2D eigenvalue weighted by Gasteiger charge is -2.44. The second kappa shape index (κ2) is 10.9. The number of carbonyl (C=O) groups is 3. The molecule has 1 N–H and O–H groups in total. The number of likely N-dealkylation sites (tertiary alicyclic amines) is 1. The monoisotopic (exact) mass is 518 g/mol. The number of nitrogens with zero attached hydrogens (tertiary/aromatic N) is 2. The van der Waals surface area contributed by atoms with Gasteiger partial charge in [0.05, 0.1) is 30.8 Å². The topological polar surface area (TPSA) is 96.4 Å². The Morgan fingerprint density at radius 1 is 1.27 bits per heavy atom. The van der Waals surface area contributed by atoms with Crippen molar-refractivity contribution in [3.63, 3.8) is 0 Å². The van der Waals surface area contributed by atoms with Crippen molar-refractivity contribution in [3.05, 3.63) is 25.3 Å². The average Bonchev–Trinajstić information content (AvgIpc) is 3.46. The van der Waals surface area contributed by atoms with Gasteiger partial charge in [0, 0.05) is 12.1 Å². The summed E-state index contributed by atoms with van der Waals surface area (Å²) in [5.41, 5.74) is -2.55. The Balaban J connectivity index is 2.18. The van der Waals surface area contributed by atoms with E-state index in [4.69, 9.17) is 9.47 Å². The van der Waals surface area contributed by atoms with Crippen LogP contribution in [-0.4, -0.2) is 81.3 Å². The summed E-state index contributed by atoms with van der Waals surface area (Å²) in [5.74, 6) is -2.70. The Bertz CT molecular complexity index is 913. The van der Waals surface area contributed by atoms with Gasteiger partial charge in [-0.15, -0.1) is 13.2 Å². The third-order valence-electron chi connectivity index (χ3n) is 8.91. The fourth-order valence-electron chi connectivity index (χ4n) is 6.77. The average molecular weight is 519 g/mol. The molecular weight excluding hydrogens is 472 g/mol. The lowest BCUT2D eigenvalue weighted by molar-refractivity contribution is -0.165. The Morgan fingerprint density at radius 3 is 2.46 bits per heavy atom. The maximum atomic E-state index is 14.5. The first-order valence-corrected chi connectivity index (χ1v) is 13.7. The molecule has 3 saturated heterocycles. The molecule has 0 radical (unpaired) electrons. The summed E-state index contributed by atoms with van der Waals surface area (Å²) in [5, 5.41) is 10.5. The third kappa shape index (κ3) is 4.65. The van der Waals surface area contributed by atoms with Crippen LogP contribution >= 0.6 is 0 Å². The van der Waals surface area contributed by atoms with Crippen molar-refractivity contribution in [1.82, 2.24) is 9.80 Å². The van der Waals surface area contributed by atoms with Gasteiger partial charge >= 0.3 is 5.97 Å². The highest BCUT2D eigenvalue weighted by atomic mass is 16.6. The van der Waals surface area contributed by atoms with Crippen molar-refractivity contribution < 1.29 is 29.0 Å². The molecule has 3 fully saturated rings. The van der Waals surface area contributed by atoms with Gasteiger partial charge in [-0.3, -0.25) is 14.4 Å². The van der Waals surface area contributed by atoms with Gasteiger partial charge in [0.2, 0.25) is 11.8 Å². The van der Waals surface area contributed by atoms with Crippen LogP contribution in [0.2, 0.25) is 0 Å². The predicted octanol–water partition coefficient (Wildman–Crippen LogP) is 3.48. The van der Waals surface area contributed by atoms with Crippen LogP contribution in [0.15, 0.2) is 25.3 Å². The number of amides is 2. The summed E-state index contributed by atoms with van der Waals surface area (Å²) >= 11 is 0. The highest BCUT2D eigenvalue weighted by molar-refractivity contribution is 5.99. The molecule has 0 aromatic rings. The zero-order valence-corrected chi connectivity index (χ0v) is 23.5. The molecule has 3 heterocycles. The number of aliphatic hydroxyl groups is 1. The van der Waals surface area contributed by atoms with E-state index in [-0.39, 0.29) is 30.9 Å². The van der Waals surface area contributed by atoms with Gasteiger partial charge in [0.25, 0.3) is 0 Å². The molecule has 2 bridgehead atoms. The van der Waals surface area contributed by atoms with Crippen LogP contribution in [0.25, 0.3) is 0 Å². The number of rotatable bonds is 12. The van der Waals surface area contributed by atoms with Crippen LogP contribution in [0, 0.1) is 17.8 Å². The minimum Gasteiger partial charge on any atom is -0.465 e. The standard InChI is InChI=1S/C29H46N2O6/c1-9-13-17-36-26(35)22-21-24(33)31(20(18-32)19(5)11-3)23(25(34)30(16-10-2)27(6,7)8)29(21)15-14-28(22,12-4)37-29/h9-10,19-23,32H,1-2,11-18H2,3-8H3/t19-,20-,21-,22-,23?,28+,29?/m0/s1. The Hall–Kier alpha value is -2.19. The van der Waals surface area contributed by atoms with E-state index in [1.807, 2.05) is 41.5 Å². The Morgan fingerprint density at radius 2 is 1.95 bits per heavy atom. The van der Waals surface area contributed by atoms with Crippen molar-refractivity contribution in [2.75, 3.05) is 19.8 Å². The summed E-state index contributed by atoms with van der Waals surface area (Å²) in [4.78, 5) is 45.6. The van der Waals surface area contributed by atoms with Crippen molar-refractivity contribution in [1.29, 1.82) is 0 Å². The first-order valence-electron chi connectivity index (χ1n) is 13.7. The first-order chi connectivity index (χ1) is 17.4. The second-order valence-electron chi connectivity index (χ2n) is 11.9. The van der Waals surface area contributed by atoms with Gasteiger partial charge in [-0.05, 0) is 52.4 Å². The fraction of sp³-hybridized carbons (Fsp3) is 0.759. The number of hydrogen-bond donors (Lipinski definition) is 1. The summed E-state index contributed by atoms with van der Waals surface area (Å²) in [6, 6.07) is -1.52. The molecule has 0 aromatic carbocycles. The smallest absolute Gasteiger partial charge is 0.312 e. The number of ether oxygens (including phenoxy) is 2. The number of esters is 1. The molecule has 0 aliphatic carbocycles. The van der Waals surface area contributed by atoms with Gasteiger partial charge in [-0.2, -0.15) is 0 Å². The Kier molecular flexibility index (Phi) is 8.64. The molecule has 8 nitrogen and oxygen atoms in total. The highest BCUT2D eigenvalue weighted by Crippen LogP contribution is 2.65. The van der Waals surface area contributed by atoms with E-state index in [1.165, 1.54) is 0 Å². The van der Waals surface area contributed by atoms with Crippen LogP contribution in [-0.2, 0) is 23.9 Å². The van der Waals surface area contributed by atoms with Gasteiger partial charge < -0.3 is 24.4 Å². The number of hydrogen-bond acceptors (Lipinski definition) is 6. The molecule has 0 saturated carbocycles. The molecule has 7 atom stereocenters. The number of carbonyl (C=O) groups excluding carboxylic acids is 3. The summed E-state index contributed by atoms with van der Waals surface area (Å²) in [6.07, 6.45) is 6.18. The van der Waals surface area contributed by atoms with E-state index >= 15 is 0 Å². The van der Waals surface area contributed by atoms with E-state index < -0.39 is 46.6 Å². The van der Waals surface area contributed by atoms with Crippen molar-refractivity contribution in [2.24, 2.45) is 17.8 Å². The van der Waals surface area contributed by atoms with E-state index in [0.717, 1.165) is 6.42 Å². The zero-order chi connectivity index (χ0) is 27.8. The van der Waals surface area contributed by atoms with Gasteiger partial charge in [0.1, 0.15) is 17.6 Å². The molecule has 8 heteroatoms. The maximum Gasteiger partial charge on any atom is 0.312 e. The van der Waals surface area contributed by atoms with Crippen LogP contribution < -0.4 is 0 Å².